The van der Waals surface area contributed by atoms with E-state index < -0.39 is 0 Å². The van der Waals surface area contributed by atoms with Gasteiger partial charge in [0.25, 0.3) is 0 Å². The van der Waals surface area contributed by atoms with Gasteiger partial charge in [-0.1, -0.05) is 90.6 Å². The molecule has 0 unspecified atom stereocenters. The van der Waals surface area contributed by atoms with Crippen molar-refractivity contribution in [3.05, 3.63) is 12.8 Å². The summed E-state index contributed by atoms with van der Waals surface area (Å²) in [5, 5.41) is 0. The molecule has 0 aliphatic carbocycles. The van der Waals surface area contributed by atoms with Gasteiger partial charge >= 0.3 is 5.97 Å². The third-order valence-corrected chi connectivity index (χ3v) is 4.07. The van der Waals surface area contributed by atoms with Gasteiger partial charge in [-0.25, -0.2) is 0 Å². The molecule has 0 aliphatic heterocycles. The van der Waals surface area contributed by atoms with Crippen molar-refractivity contribution in [1.29, 1.82) is 0 Å². The summed E-state index contributed by atoms with van der Waals surface area (Å²) < 4.78 is 9.93. The molecule has 0 aromatic carbocycles. The van der Waals surface area contributed by atoms with Crippen molar-refractivity contribution in [3.63, 3.8) is 0 Å². The van der Waals surface area contributed by atoms with Crippen LogP contribution in [-0.4, -0.2) is 19.2 Å². The molecular formula is C20H38O3. The molecule has 0 aromatic heterocycles. The average Bonchev–Trinajstić information content (AvgIpc) is 2.56. The highest BCUT2D eigenvalue weighted by molar-refractivity contribution is 5.69. The molecule has 0 saturated carbocycles. The Balaban J connectivity index is 3.09. The molecule has 0 aliphatic rings. The number of carbonyl (C=O) groups excluding carboxylic acids is 1. The Morgan fingerprint density at radius 2 is 1.26 bits per heavy atom. The fourth-order valence-corrected chi connectivity index (χ4v) is 2.65. The first-order valence-electron chi connectivity index (χ1n) is 9.69. The average molecular weight is 327 g/mol. The number of hydrogen-bond donors (Lipinski definition) is 0. The Kier molecular flexibility index (Phi) is 18.2. The highest BCUT2D eigenvalue weighted by atomic mass is 16.6. The van der Waals surface area contributed by atoms with Crippen LogP contribution in [0.3, 0.4) is 0 Å². The van der Waals surface area contributed by atoms with E-state index in [9.17, 15) is 4.79 Å². The van der Waals surface area contributed by atoms with Crippen LogP contribution in [0, 0.1) is 0 Å². The van der Waals surface area contributed by atoms with Crippen LogP contribution in [0.15, 0.2) is 12.8 Å². The van der Waals surface area contributed by atoms with Gasteiger partial charge in [0.15, 0.2) is 0 Å². The molecule has 0 amide bonds. The monoisotopic (exact) mass is 326 g/mol. The van der Waals surface area contributed by atoms with Crippen LogP contribution >= 0.6 is 0 Å². The first-order valence-corrected chi connectivity index (χ1v) is 9.69. The summed E-state index contributed by atoms with van der Waals surface area (Å²) in [5.74, 6) is -0.110. The van der Waals surface area contributed by atoms with Crippen LogP contribution in [0.5, 0.6) is 0 Å². The first-order chi connectivity index (χ1) is 11.3. The third-order valence-electron chi connectivity index (χ3n) is 4.07. The van der Waals surface area contributed by atoms with Gasteiger partial charge in [-0.2, -0.15) is 0 Å². The molecule has 0 heterocycles. The van der Waals surface area contributed by atoms with Gasteiger partial charge in [0, 0.05) is 6.42 Å². The quantitative estimate of drug-likeness (QED) is 0.172. The Labute approximate surface area is 143 Å². The van der Waals surface area contributed by atoms with E-state index >= 15 is 0 Å². The maximum absolute atomic E-state index is 11.4. The maximum atomic E-state index is 11.4. The third kappa shape index (κ3) is 19.0. The molecule has 23 heavy (non-hydrogen) atoms. The molecule has 0 radical (unpaired) electrons. The Hall–Kier alpha value is -0.990. The van der Waals surface area contributed by atoms with Crippen molar-refractivity contribution in [2.24, 2.45) is 0 Å². The van der Waals surface area contributed by atoms with Crippen LogP contribution in [-0.2, 0) is 14.3 Å². The van der Waals surface area contributed by atoms with E-state index in [1.807, 2.05) is 0 Å². The maximum Gasteiger partial charge on any atom is 0.305 e. The lowest BCUT2D eigenvalue weighted by Crippen LogP contribution is -2.08. The fourth-order valence-electron chi connectivity index (χ4n) is 2.65. The normalized spacial score (nSPS) is 10.5. The smallest absolute Gasteiger partial charge is 0.305 e. The molecular weight excluding hydrogens is 288 g/mol. The van der Waals surface area contributed by atoms with E-state index in [0.717, 1.165) is 12.8 Å². The van der Waals surface area contributed by atoms with Crippen molar-refractivity contribution in [2.45, 2.75) is 96.8 Å². The summed E-state index contributed by atoms with van der Waals surface area (Å²) in [6, 6.07) is 0. The lowest BCUT2D eigenvalue weighted by molar-refractivity contribution is -0.144. The predicted octanol–water partition coefficient (Wildman–Crippen LogP) is 6.17. The van der Waals surface area contributed by atoms with Gasteiger partial charge in [-0.05, 0) is 6.42 Å². The molecule has 0 N–H and O–H groups in total. The van der Waals surface area contributed by atoms with Crippen molar-refractivity contribution in [2.75, 3.05) is 13.2 Å². The molecule has 0 bridgehead atoms. The first kappa shape index (κ1) is 22.0. The highest BCUT2D eigenvalue weighted by Crippen LogP contribution is 2.13. The molecule has 0 rings (SSSR count). The summed E-state index contributed by atoms with van der Waals surface area (Å²) in [5.41, 5.74) is 0. The second kappa shape index (κ2) is 19.1. The lowest BCUT2D eigenvalue weighted by Gasteiger charge is -2.05. The van der Waals surface area contributed by atoms with E-state index in [4.69, 9.17) is 9.47 Å². The Morgan fingerprint density at radius 1 is 0.783 bits per heavy atom. The fraction of sp³-hybridized carbons (Fsp3) is 0.850. The van der Waals surface area contributed by atoms with Gasteiger partial charge in [0.05, 0.1) is 6.26 Å². The summed E-state index contributed by atoms with van der Waals surface area (Å²) in [7, 11) is 0. The molecule has 0 spiro atoms. The predicted molar refractivity (Wildman–Crippen MR) is 97.4 cm³/mol. The summed E-state index contributed by atoms with van der Waals surface area (Å²) in [6.45, 7) is 6.42. The van der Waals surface area contributed by atoms with Gasteiger partial charge in [0.2, 0.25) is 0 Å². The number of rotatable bonds is 18. The zero-order valence-electron chi connectivity index (χ0n) is 15.3. The van der Waals surface area contributed by atoms with Crippen LogP contribution in [0.4, 0.5) is 0 Å². The van der Waals surface area contributed by atoms with Crippen molar-refractivity contribution in [1.82, 2.24) is 0 Å². The minimum absolute atomic E-state index is 0.110. The second-order valence-electron chi connectivity index (χ2n) is 6.25. The van der Waals surface area contributed by atoms with Crippen LogP contribution in [0.2, 0.25) is 0 Å². The molecule has 136 valence electrons. The van der Waals surface area contributed by atoms with E-state index in [1.54, 1.807) is 0 Å². The lowest BCUT2D eigenvalue weighted by atomic mass is 10.0. The Bertz CT molecular complexity index is 264. The van der Waals surface area contributed by atoms with Crippen molar-refractivity contribution >= 4 is 5.97 Å². The number of ether oxygens (including phenoxy) is 2. The summed E-state index contributed by atoms with van der Waals surface area (Å²) >= 11 is 0. The van der Waals surface area contributed by atoms with E-state index in [1.165, 1.54) is 76.9 Å². The van der Waals surface area contributed by atoms with Gasteiger partial charge in [-0.3, -0.25) is 4.79 Å². The molecule has 3 nitrogen and oxygen atoms in total. The number of esters is 1. The van der Waals surface area contributed by atoms with Crippen LogP contribution in [0.1, 0.15) is 96.8 Å². The highest BCUT2D eigenvalue weighted by Gasteiger charge is 2.02. The topological polar surface area (TPSA) is 35.5 Å². The van der Waals surface area contributed by atoms with Crippen molar-refractivity contribution in [3.8, 4) is 0 Å². The van der Waals surface area contributed by atoms with Gasteiger partial charge in [-0.15, -0.1) is 0 Å². The van der Waals surface area contributed by atoms with Gasteiger partial charge in [0.1, 0.15) is 13.2 Å². The van der Waals surface area contributed by atoms with E-state index in [0.29, 0.717) is 19.6 Å². The number of carbonyl (C=O) groups is 1. The zero-order chi connectivity index (χ0) is 17.0. The van der Waals surface area contributed by atoms with Crippen LogP contribution in [0.25, 0.3) is 0 Å². The molecule has 3 heteroatoms. The summed E-state index contributed by atoms with van der Waals surface area (Å²) in [6.07, 6.45) is 19.0. The van der Waals surface area contributed by atoms with E-state index in [2.05, 4.69) is 13.5 Å². The molecule has 0 aromatic rings. The number of hydrogen-bond acceptors (Lipinski definition) is 3. The molecule has 0 saturated heterocycles. The van der Waals surface area contributed by atoms with Crippen molar-refractivity contribution < 1.29 is 14.3 Å². The van der Waals surface area contributed by atoms with Gasteiger partial charge < -0.3 is 9.47 Å². The largest absolute Gasteiger partial charge is 0.498 e. The molecule has 0 atom stereocenters. The minimum atomic E-state index is -0.110. The zero-order valence-corrected chi connectivity index (χ0v) is 15.3. The molecule has 0 fully saturated rings. The van der Waals surface area contributed by atoms with E-state index in [-0.39, 0.29) is 5.97 Å². The minimum Gasteiger partial charge on any atom is -0.498 e. The standard InChI is InChI=1S/C20H38O3/c1-3-5-6-7-8-9-10-11-12-13-14-15-16-17-20(21)23-19-18-22-4-2/h4H,2-3,5-19H2,1H3. The second-order valence-corrected chi connectivity index (χ2v) is 6.25. The number of unbranched alkanes of at least 4 members (excludes halogenated alkanes) is 12. The Morgan fingerprint density at radius 3 is 1.74 bits per heavy atom. The summed E-state index contributed by atoms with van der Waals surface area (Å²) in [4.78, 5) is 11.4. The van der Waals surface area contributed by atoms with Crippen LogP contribution < -0.4 is 0 Å². The SMILES string of the molecule is C=COCCOC(=O)CCCCCCCCCCCCCCC.